The molecule has 5 nitrogen and oxygen atoms in total. The van der Waals surface area contributed by atoms with Crippen LogP contribution >= 0.6 is 11.3 Å². The van der Waals surface area contributed by atoms with Gasteiger partial charge in [-0.05, 0) is 6.92 Å². The van der Waals surface area contributed by atoms with E-state index >= 15 is 0 Å². The van der Waals surface area contributed by atoms with Gasteiger partial charge in [0.1, 0.15) is 5.82 Å². The molecule has 2 heterocycles. The van der Waals surface area contributed by atoms with Crippen molar-refractivity contribution >= 4 is 11.3 Å². The Kier molecular flexibility index (Phi) is 3.63. The number of nitrogens with zero attached hydrogens (tertiary/aromatic N) is 3. The van der Waals surface area contributed by atoms with Crippen LogP contribution in [-0.4, -0.2) is 20.2 Å². The summed E-state index contributed by atoms with van der Waals surface area (Å²) in [6.45, 7) is 4.85. The largest absolute Gasteiger partial charge is 0.302 e. The van der Waals surface area contributed by atoms with Gasteiger partial charge in [0.2, 0.25) is 0 Å². The van der Waals surface area contributed by atoms with Crippen molar-refractivity contribution in [2.75, 3.05) is 0 Å². The Morgan fingerprint density at radius 1 is 1.56 bits per heavy atom. The van der Waals surface area contributed by atoms with Gasteiger partial charge in [0.25, 0.3) is 0 Å². The second-order valence-corrected chi connectivity index (χ2v) is 4.29. The smallest absolute Gasteiger partial charge is 0.167 e. The Morgan fingerprint density at radius 2 is 2.44 bits per heavy atom. The van der Waals surface area contributed by atoms with Crippen molar-refractivity contribution in [2.24, 2.45) is 0 Å². The number of hydrogen-bond acceptors (Lipinski definition) is 5. The van der Waals surface area contributed by atoms with Crippen molar-refractivity contribution in [3.63, 3.8) is 0 Å². The molecular weight excluding hydrogens is 222 g/mol. The normalized spacial score (nSPS) is 12.9. The summed E-state index contributed by atoms with van der Waals surface area (Å²) in [6.07, 6.45) is 0.881. The van der Waals surface area contributed by atoms with E-state index in [9.17, 15) is 0 Å². The molecule has 1 atom stereocenters. The molecule has 2 N–H and O–H groups in total. The predicted molar refractivity (Wildman–Crippen MR) is 63.1 cm³/mol. The lowest BCUT2D eigenvalue weighted by Gasteiger charge is -2.08. The topological polar surface area (TPSA) is 66.5 Å². The molecule has 16 heavy (non-hydrogen) atoms. The SMILES string of the molecule is CCc1nc(C(C)NCc2cscn2)n[nH]1. The highest BCUT2D eigenvalue weighted by Gasteiger charge is 2.10. The van der Waals surface area contributed by atoms with Gasteiger partial charge in [0.05, 0.1) is 17.2 Å². The summed E-state index contributed by atoms with van der Waals surface area (Å²) in [4.78, 5) is 8.59. The van der Waals surface area contributed by atoms with Gasteiger partial charge in [-0.25, -0.2) is 9.97 Å². The highest BCUT2D eigenvalue weighted by atomic mass is 32.1. The summed E-state index contributed by atoms with van der Waals surface area (Å²) in [5, 5.41) is 12.5. The number of aromatic amines is 1. The average molecular weight is 237 g/mol. The second-order valence-electron chi connectivity index (χ2n) is 3.58. The molecule has 0 aliphatic carbocycles. The molecule has 6 heteroatoms. The second kappa shape index (κ2) is 5.18. The number of aryl methyl sites for hydroxylation is 1. The van der Waals surface area contributed by atoms with Gasteiger partial charge in [-0.1, -0.05) is 6.92 Å². The van der Waals surface area contributed by atoms with Crippen molar-refractivity contribution in [1.82, 2.24) is 25.5 Å². The lowest BCUT2D eigenvalue weighted by molar-refractivity contribution is 0.543. The maximum atomic E-state index is 4.38. The Labute approximate surface area is 98.3 Å². The van der Waals surface area contributed by atoms with Crippen LogP contribution in [0.5, 0.6) is 0 Å². The minimum Gasteiger partial charge on any atom is -0.302 e. The minimum atomic E-state index is 0.137. The molecule has 0 aromatic carbocycles. The highest BCUT2D eigenvalue weighted by Crippen LogP contribution is 2.08. The van der Waals surface area contributed by atoms with Crippen molar-refractivity contribution in [3.8, 4) is 0 Å². The monoisotopic (exact) mass is 237 g/mol. The number of nitrogens with one attached hydrogen (secondary N) is 2. The Hall–Kier alpha value is -1.27. The van der Waals surface area contributed by atoms with E-state index in [2.05, 4.69) is 39.3 Å². The van der Waals surface area contributed by atoms with Gasteiger partial charge >= 0.3 is 0 Å². The van der Waals surface area contributed by atoms with Crippen LogP contribution in [-0.2, 0) is 13.0 Å². The van der Waals surface area contributed by atoms with Crippen molar-refractivity contribution < 1.29 is 0 Å². The first-order chi connectivity index (χ1) is 7.79. The standard InChI is InChI=1S/C10H15N5S/c1-3-9-13-10(15-14-9)7(2)11-4-8-5-16-6-12-8/h5-7,11H,3-4H2,1-2H3,(H,13,14,15). The first kappa shape index (κ1) is 11.2. The number of hydrogen-bond donors (Lipinski definition) is 2. The van der Waals surface area contributed by atoms with Gasteiger partial charge in [0, 0.05) is 18.3 Å². The number of rotatable bonds is 5. The van der Waals surface area contributed by atoms with Crippen molar-refractivity contribution in [2.45, 2.75) is 32.9 Å². The summed E-state index contributed by atoms with van der Waals surface area (Å²) in [5.74, 6) is 1.74. The summed E-state index contributed by atoms with van der Waals surface area (Å²) in [5.41, 5.74) is 2.90. The Balaban J connectivity index is 1.90. The molecule has 0 aliphatic heterocycles. The zero-order valence-corrected chi connectivity index (χ0v) is 10.2. The van der Waals surface area contributed by atoms with Gasteiger partial charge in [-0.15, -0.1) is 11.3 Å². The third-order valence-corrected chi connectivity index (χ3v) is 2.98. The number of aromatic nitrogens is 4. The van der Waals surface area contributed by atoms with Crippen LogP contribution in [0.3, 0.4) is 0 Å². The van der Waals surface area contributed by atoms with Crippen LogP contribution in [0.15, 0.2) is 10.9 Å². The van der Waals surface area contributed by atoms with Crippen molar-refractivity contribution in [3.05, 3.63) is 28.2 Å². The fraction of sp³-hybridized carbons (Fsp3) is 0.500. The molecule has 2 rings (SSSR count). The molecule has 0 amide bonds. The fourth-order valence-electron chi connectivity index (χ4n) is 1.34. The highest BCUT2D eigenvalue weighted by molar-refractivity contribution is 7.07. The van der Waals surface area contributed by atoms with E-state index in [-0.39, 0.29) is 6.04 Å². The summed E-state index contributed by atoms with van der Waals surface area (Å²) in [6, 6.07) is 0.137. The molecule has 0 saturated carbocycles. The number of thiazole rings is 1. The molecule has 1 unspecified atom stereocenters. The molecular formula is C10H15N5S. The third kappa shape index (κ3) is 2.65. The maximum absolute atomic E-state index is 4.38. The quantitative estimate of drug-likeness (QED) is 0.830. The summed E-state index contributed by atoms with van der Waals surface area (Å²) in [7, 11) is 0. The molecule has 0 spiro atoms. The number of H-pyrrole nitrogens is 1. The Morgan fingerprint density at radius 3 is 3.06 bits per heavy atom. The van der Waals surface area contributed by atoms with Crippen molar-refractivity contribution in [1.29, 1.82) is 0 Å². The molecule has 2 aromatic heterocycles. The van der Waals surface area contributed by atoms with Crippen LogP contribution in [0.1, 0.15) is 37.2 Å². The van der Waals surface area contributed by atoms with Crippen LogP contribution in [0.4, 0.5) is 0 Å². The van der Waals surface area contributed by atoms with E-state index in [0.29, 0.717) is 0 Å². The molecule has 0 fully saturated rings. The van der Waals surface area contributed by atoms with Crippen LogP contribution in [0, 0.1) is 0 Å². The Bertz CT molecular complexity index is 422. The summed E-state index contributed by atoms with van der Waals surface area (Å²) >= 11 is 1.61. The van der Waals surface area contributed by atoms with Crippen LogP contribution in [0.2, 0.25) is 0 Å². The average Bonchev–Trinajstić information content (AvgIpc) is 2.96. The van der Waals surface area contributed by atoms with E-state index in [1.54, 1.807) is 11.3 Å². The fourth-order valence-corrected chi connectivity index (χ4v) is 1.89. The summed E-state index contributed by atoms with van der Waals surface area (Å²) < 4.78 is 0. The van der Waals surface area contributed by atoms with E-state index in [1.807, 2.05) is 10.9 Å². The first-order valence-corrected chi connectivity index (χ1v) is 6.25. The van der Waals surface area contributed by atoms with E-state index < -0.39 is 0 Å². The molecule has 86 valence electrons. The molecule has 0 radical (unpaired) electrons. The molecule has 0 aliphatic rings. The maximum Gasteiger partial charge on any atom is 0.167 e. The lowest BCUT2D eigenvalue weighted by Crippen LogP contribution is -2.19. The van der Waals surface area contributed by atoms with Crippen LogP contribution in [0.25, 0.3) is 0 Å². The van der Waals surface area contributed by atoms with E-state index in [1.165, 1.54) is 0 Å². The van der Waals surface area contributed by atoms with Gasteiger partial charge in [0.15, 0.2) is 5.82 Å². The first-order valence-electron chi connectivity index (χ1n) is 5.31. The van der Waals surface area contributed by atoms with Gasteiger partial charge in [-0.2, -0.15) is 5.10 Å². The minimum absolute atomic E-state index is 0.137. The molecule has 0 saturated heterocycles. The third-order valence-electron chi connectivity index (χ3n) is 2.34. The van der Waals surface area contributed by atoms with Crippen LogP contribution < -0.4 is 5.32 Å². The molecule has 2 aromatic rings. The zero-order chi connectivity index (χ0) is 11.4. The van der Waals surface area contributed by atoms with Gasteiger partial charge < -0.3 is 5.32 Å². The van der Waals surface area contributed by atoms with Gasteiger partial charge in [-0.3, -0.25) is 5.10 Å². The molecule has 0 bridgehead atoms. The lowest BCUT2D eigenvalue weighted by atomic mass is 10.3. The zero-order valence-electron chi connectivity index (χ0n) is 9.40. The van der Waals surface area contributed by atoms with E-state index in [4.69, 9.17) is 0 Å². The predicted octanol–water partition coefficient (Wildman–Crippen LogP) is 1.67. The van der Waals surface area contributed by atoms with E-state index in [0.717, 1.165) is 30.3 Å².